The number of aryl methyl sites for hydroxylation is 2. The quantitative estimate of drug-likeness (QED) is 0.844. The molecule has 0 radical (unpaired) electrons. The molecule has 2 N–H and O–H groups in total. The molecule has 86 valence electrons. The van der Waals surface area contributed by atoms with E-state index in [0.29, 0.717) is 17.3 Å². The zero-order chi connectivity index (χ0) is 12.4. The van der Waals surface area contributed by atoms with Gasteiger partial charge in [-0.1, -0.05) is 11.2 Å². The smallest absolute Gasteiger partial charge is 0.240 e. The molecular formula is C12H12N4O. The van der Waals surface area contributed by atoms with E-state index in [0.717, 1.165) is 16.7 Å². The summed E-state index contributed by atoms with van der Waals surface area (Å²) in [6.45, 7) is 4.06. The number of nitrogens with two attached hydrogens (primary N) is 1. The van der Waals surface area contributed by atoms with Crippen molar-refractivity contribution < 1.29 is 4.52 Å². The summed E-state index contributed by atoms with van der Waals surface area (Å²) in [6, 6.07) is 5.85. The van der Waals surface area contributed by atoms with E-state index >= 15 is 0 Å². The first-order chi connectivity index (χ1) is 8.15. The normalized spacial score (nSPS) is 10.2. The zero-order valence-corrected chi connectivity index (χ0v) is 9.69. The summed E-state index contributed by atoms with van der Waals surface area (Å²) in [5.74, 6) is 0.859. The first-order valence-corrected chi connectivity index (χ1v) is 5.20. The minimum Gasteiger partial charge on any atom is -0.338 e. The van der Waals surface area contributed by atoms with Crippen molar-refractivity contribution in [2.24, 2.45) is 5.73 Å². The van der Waals surface area contributed by atoms with Crippen LogP contribution in [0.2, 0.25) is 0 Å². The van der Waals surface area contributed by atoms with Gasteiger partial charge in [-0.15, -0.1) is 0 Å². The maximum Gasteiger partial charge on any atom is 0.240 e. The number of nitriles is 1. The Morgan fingerprint density at radius 2 is 2.12 bits per heavy atom. The van der Waals surface area contributed by atoms with Crippen LogP contribution in [0.1, 0.15) is 22.6 Å². The molecule has 1 aromatic heterocycles. The monoisotopic (exact) mass is 228 g/mol. The molecule has 17 heavy (non-hydrogen) atoms. The van der Waals surface area contributed by atoms with Gasteiger partial charge >= 0.3 is 0 Å². The van der Waals surface area contributed by atoms with E-state index < -0.39 is 0 Å². The Morgan fingerprint density at radius 1 is 1.35 bits per heavy atom. The molecule has 0 fully saturated rings. The maximum atomic E-state index is 9.00. The third-order valence-electron chi connectivity index (χ3n) is 2.58. The van der Waals surface area contributed by atoms with Gasteiger partial charge in [-0.25, -0.2) is 0 Å². The lowest BCUT2D eigenvalue weighted by Gasteiger charge is -2.04. The zero-order valence-electron chi connectivity index (χ0n) is 9.69. The second-order valence-electron chi connectivity index (χ2n) is 3.81. The van der Waals surface area contributed by atoms with Gasteiger partial charge in [0.1, 0.15) is 0 Å². The summed E-state index contributed by atoms with van der Waals surface area (Å²) >= 11 is 0. The molecule has 5 nitrogen and oxygen atoms in total. The molecule has 0 atom stereocenters. The van der Waals surface area contributed by atoms with Crippen LogP contribution in [-0.2, 0) is 6.54 Å². The molecule has 2 rings (SSSR count). The molecule has 1 heterocycles. The lowest BCUT2D eigenvalue weighted by molar-refractivity contribution is 0.380. The van der Waals surface area contributed by atoms with Crippen LogP contribution in [0.3, 0.4) is 0 Å². The Bertz CT molecular complexity index is 595. The second-order valence-corrected chi connectivity index (χ2v) is 3.81. The van der Waals surface area contributed by atoms with Gasteiger partial charge in [0.15, 0.2) is 0 Å². The van der Waals surface area contributed by atoms with Gasteiger partial charge in [0, 0.05) is 5.56 Å². The lowest BCUT2D eigenvalue weighted by atomic mass is 10.0. The molecule has 0 aliphatic carbocycles. The van der Waals surface area contributed by atoms with Crippen LogP contribution in [0.4, 0.5) is 0 Å². The van der Waals surface area contributed by atoms with Crippen molar-refractivity contribution in [1.82, 2.24) is 10.1 Å². The minimum absolute atomic E-state index is 0.211. The van der Waals surface area contributed by atoms with Gasteiger partial charge < -0.3 is 10.3 Å². The molecule has 0 amide bonds. The molecule has 2 aromatic rings. The topological polar surface area (TPSA) is 88.7 Å². The average molecular weight is 228 g/mol. The largest absolute Gasteiger partial charge is 0.338 e. The summed E-state index contributed by atoms with van der Waals surface area (Å²) in [5.41, 5.74) is 8.77. The fourth-order valence-electron chi connectivity index (χ4n) is 1.66. The molecular weight excluding hydrogens is 216 g/mol. The molecule has 0 bridgehead atoms. The summed E-state index contributed by atoms with van der Waals surface area (Å²) in [7, 11) is 0. The molecule has 0 aliphatic heterocycles. The third kappa shape index (κ3) is 2.03. The highest BCUT2D eigenvalue weighted by atomic mass is 16.5. The average Bonchev–Trinajstić information content (AvgIpc) is 2.78. The van der Waals surface area contributed by atoms with Crippen LogP contribution in [0.25, 0.3) is 11.4 Å². The van der Waals surface area contributed by atoms with Crippen LogP contribution < -0.4 is 5.73 Å². The first kappa shape index (κ1) is 11.3. The lowest BCUT2D eigenvalue weighted by Crippen LogP contribution is -1.96. The summed E-state index contributed by atoms with van der Waals surface area (Å²) in [4.78, 5) is 4.15. The van der Waals surface area contributed by atoms with Crippen LogP contribution in [-0.4, -0.2) is 10.1 Å². The molecule has 0 spiro atoms. The van der Waals surface area contributed by atoms with E-state index in [1.165, 1.54) is 0 Å². The molecule has 0 unspecified atom stereocenters. The van der Waals surface area contributed by atoms with Crippen molar-refractivity contribution in [3.05, 3.63) is 34.7 Å². The molecule has 5 heteroatoms. The van der Waals surface area contributed by atoms with Gasteiger partial charge in [-0.2, -0.15) is 10.2 Å². The van der Waals surface area contributed by atoms with Gasteiger partial charge in [0.2, 0.25) is 11.7 Å². The van der Waals surface area contributed by atoms with E-state index in [-0.39, 0.29) is 6.54 Å². The number of hydrogen-bond donors (Lipinski definition) is 1. The summed E-state index contributed by atoms with van der Waals surface area (Å²) < 4.78 is 4.96. The molecule has 0 saturated carbocycles. The molecule has 0 aliphatic rings. The third-order valence-corrected chi connectivity index (χ3v) is 2.58. The van der Waals surface area contributed by atoms with Crippen LogP contribution in [0.15, 0.2) is 16.7 Å². The van der Waals surface area contributed by atoms with Gasteiger partial charge in [0.25, 0.3) is 0 Å². The van der Waals surface area contributed by atoms with Crippen molar-refractivity contribution >= 4 is 0 Å². The Balaban J connectivity index is 2.55. The Labute approximate surface area is 98.9 Å². The van der Waals surface area contributed by atoms with E-state index in [2.05, 4.69) is 16.2 Å². The minimum atomic E-state index is 0.211. The number of nitrogens with zero attached hydrogens (tertiary/aromatic N) is 3. The molecule has 1 aromatic carbocycles. The fraction of sp³-hybridized carbons (Fsp3) is 0.250. The van der Waals surface area contributed by atoms with Gasteiger partial charge in [-0.05, 0) is 31.0 Å². The highest BCUT2D eigenvalue weighted by molar-refractivity contribution is 5.63. The highest BCUT2D eigenvalue weighted by Crippen LogP contribution is 2.24. The first-order valence-electron chi connectivity index (χ1n) is 5.20. The number of hydrogen-bond acceptors (Lipinski definition) is 5. The predicted octanol–water partition coefficient (Wildman–Crippen LogP) is 1.68. The number of rotatable bonds is 2. The number of aromatic nitrogens is 2. The number of benzene rings is 1. The van der Waals surface area contributed by atoms with Crippen molar-refractivity contribution in [2.75, 3.05) is 0 Å². The predicted molar refractivity (Wildman–Crippen MR) is 61.8 cm³/mol. The van der Waals surface area contributed by atoms with Crippen molar-refractivity contribution in [3.63, 3.8) is 0 Å². The standard InChI is InChI=1S/C12H12N4O/c1-7-3-8(2)10(4-9(7)5-13)12-15-11(6-14)17-16-12/h3-4H,6,14H2,1-2H3. The van der Waals surface area contributed by atoms with E-state index in [9.17, 15) is 0 Å². The second kappa shape index (κ2) is 4.36. The maximum absolute atomic E-state index is 9.00. The SMILES string of the molecule is Cc1cc(C)c(-c2noc(CN)n2)cc1C#N. The van der Waals surface area contributed by atoms with E-state index in [4.69, 9.17) is 15.5 Å². The van der Waals surface area contributed by atoms with Crippen LogP contribution in [0.5, 0.6) is 0 Å². The summed E-state index contributed by atoms with van der Waals surface area (Å²) in [6.07, 6.45) is 0. The van der Waals surface area contributed by atoms with E-state index in [1.54, 1.807) is 6.07 Å². The van der Waals surface area contributed by atoms with Crippen molar-refractivity contribution in [1.29, 1.82) is 5.26 Å². The van der Waals surface area contributed by atoms with Gasteiger partial charge in [0.05, 0.1) is 18.2 Å². The van der Waals surface area contributed by atoms with E-state index in [1.807, 2.05) is 19.9 Å². The Hall–Kier alpha value is -2.19. The summed E-state index contributed by atoms with van der Waals surface area (Å²) in [5, 5.41) is 12.8. The van der Waals surface area contributed by atoms with Crippen LogP contribution in [0, 0.1) is 25.2 Å². The highest BCUT2D eigenvalue weighted by Gasteiger charge is 2.12. The Kier molecular flexibility index (Phi) is 2.90. The fourth-order valence-corrected chi connectivity index (χ4v) is 1.66. The molecule has 0 saturated heterocycles. The van der Waals surface area contributed by atoms with Crippen LogP contribution >= 0.6 is 0 Å². The van der Waals surface area contributed by atoms with Crippen molar-refractivity contribution in [3.8, 4) is 17.5 Å². The Morgan fingerprint density at radius 3 is 2.71 bits per heavy atom. The van der Waals surface area contributed by atoms with Crippen molar-refractivity contribution in [2.45, 2.75) is 20.4 Å². The van der Waals surface area contributed by atoms with Gasteiger partial charge in [-0.3, -0.25) is 0 Å².